The van der Waals surface area contributed by atoms with Crippen LogP contribution in [0.2, 0.25) is 0 Å². The van der Waals surface area contributed by atoms with E-state index in [2.05, 4.69) is 223 Å². The molecule has 0 unspecified atom stereocenters. The number of allylic oxidation sites excluding steroid dienone is 8. The molecule has 2 aliphatic carbocycles. The molecular formula is C57H61N3. The summed E-state index contributed by atoms with van der Waals surface area (Å²) in [7, 11) is 0. The molecule has 0 saturated heterocycles. The molecule has 6 aromatic rings. The number of nitrogens with zero attached hydrogens (tertiary/aromatic N) is 1. The maximum Gasteiger partial charge on any atom is 0.0490 e. The molecule has 0 bridgehead atoms. The number of hydrogen-bond acceptors (Lipinski definition) is 3. The second kappa shape index (κ2) is 22.0. The van der Waals surface area contributed by atoms with Gasteiger partial charge in [0.05, 0.1) is 0 Å². The Hall–Kier alpha value is -6.58. The lowest BCUT2D eigenvalue weighted by molar-refractivity contribution is 0.977. The van der Waals surface area contributed by atoms with Gasteiger partial charge in [-0.2, -0.15) is 0 Å². The number of aryl methyl sites for hydroxylation is 4. The summed E-state index contributed by atoms with van der Waals surface area (Å²) in [6, 6.07) is 51.5. The average molecular weight is 788 g/mol. The SMILES string of the molecule is C=N.CC(=N)c1cc(C2=CC=C(C)CC2)cc(-c2ccc(N(c3ccccc3)c3ccccc3C)cc2)c1.CC1=C(c2ccccc2C)CCC=C1.Cc1ccc(C)cc1. The second-order valence-corrected chi connectivity index (χ2v) is 15.7. The highest BCUT2D eigenvalue weighted by Gasteiger charge is 2.16. The summed E-state index contributed by atoms with van der Waals surface area (Å²) >= 11 is 0. The third-order valence-electron chi connectivity index (χ3n) is 11.0. The first kappa shape index (κ1) is 44.5. The van der Waals surface area contributed by atoms with Crippen LogP contribution in [0.4, 0.5) is 17.1 Å². The molecule has 0 heterocycles. The largest absolute Gasteiger partial charge is 0.317 e. The lowest BCUT2D eigenvalue weighted by Gasteiger charge is -2.27. The van der Waals surface area contributed by atoms with E-state index in [1.165, 1.54) is 74.2 Å². The van der Waals surface area contributed by atoms with Gasteiger partial charge in [-0.05, 0) is 185 Å². The summed E-state index contributed by atoms with van der Waals surface area (Å²) in [6.45, 7) is 17.3. The van der Waals surface area contributed by atoms with E-state index >= 15 is 0 Å². The van der Waals surface area contributed by atoms with Gasteiger partial charge < -0.3 is 15.7 Å². The van der Waals surface area contributed by atoms with Crippen LogP contribution in [0.15, 0.2) is 181 Å². The molecule has 0 amide bonds. The van der Waals surface area contributed by atoms with E-state index in [-0.39, 0.29) is 0 Å². The molecule has 2 N–H and O–H groups in total. The van der Waals surface area contributed by atoms with E-state index in [4.69, 9.17) is 10.8 Å². The van der Waals surface area contributed by atoms with Crippen LogP contribution in [0.1, 0.15) is 85.4 Å². The van der Waals surface area contributed by atoms with Gasteiger partial charge in [-0.3, -0.25) is 0 Å². The minimum Gasteiger partial charge on any atom is -0.317 e. The predicted molar refractivity (Wildman–Crippen MR) is 263 cm³/mol. The molecule has 0 aliphatic heterocycles. The topological polar surface area (TPSA) is 50.9 Å². The summed E-state index contributed by atoms with van der Waals surface area (Å²) in [4.78, 5) is 2.31. The van der Waals surface area contributed by atoms with Crippen LogP contribution in [0.5, 0.6) is 0 Å². The maximum atomic E-state index is 8.30. The first-order valence-electron chi connectivity index (χ1n) is 21.0. The van der Waals surface area contributed by atoms with Crippen molar-refractivity contribution in [2.24, 2.45) is 0 Å². The Morgan fingerprint density at radius 2 is 1.13 bits per heavy atom. The first-order valence-corrected chi connectivity index (χ1v) is 21.0. The van der Waals surface area contributed by atoms with Crippen LogP contribution in [0.3, 0.4) is 0 Å². The fourth-order valence-electron chi connectivity index (χ4n) is 7.48. The highest BCUT2D eigenvalue weighted by atomic mass is 15.1. The maximum absolute atomic E-state index is 8.30. The van der Waals surface area contributed by atoms with Gasteiger partial charge in [0.25, 0.3) is 0 Å². The Balaban J connectivity index is 0.000000231. The number of nitrogens with one attached hydrogen (secondary N) is 2. The molecule has 0 aromatic heterocycles. The highest BCUT2D eigenvalue weighted by Crippen LogP contribution is 2.38. The molecule has 8 rings (SSSR count). The number of para-hydroxylation sites is 2. The molecule has 3 nitrogen and oxygen atoms in total. The van der Waals surface area contributed by atoms with E-state index in [1.807, 2.05) is 6.92 Å². The molecule has 0 radical (unpaired) electrons. The van der Waals surface area contributed by atoms with Crippen molar-refractivity contribution in [1.82, 2.24) is 0 Å². The average Bonchev–Trinajstić information content (AvgIpc) is 3.28. The van der Waals surface area contributed by atoms with Gasteiger partial charge in [-0.25, -0.2) is 0 Å². The number of benzene rings is 6. The van der Waals surface area contributed by atoms with Crippen LogP contribution in [0.25, 0.3) is 22.3 Å². The first-order chi connectivity index (χ1) is 29.1. The van der Waals surface area contributed by atoms with E-state index in [9.17, 15) is 0 Å². The summed E-state index contributed by atoms with van der Waals surface area (Å²) in [6.07, 6.45) is 13.5. The van der Waals surface area contributed by atoms with Gasteiger partial charge in [0.15, 0.2) is 0 Å². The Morgan fingerprint density at radius 1 is 0.550 bits per heavy atom. The van der Waals surface area contributed by atoms with Gasteiger partial charge in [-0.15, -0.1) is 0 Å². The van der Waals surface area contributed by atoms with Gasteiger partial charge in [0.2, 0.25) is 0 Å². The van der Waals surface area contributed by atoms with Gasteiger partial charge in [0.1, 0.15) is 0 Å². The molecule has 6 aromatic carbocycles. The summed E-state index contributed by atoms with van der Waals surface area (Å²) in [5.41, 5.74) is 20.9. The van der Waals surface area contributed by atoms with Crippen LogP contribution in [0, 0.1) is 38.5 Å². The van der Waals surface area contributed by atoms with Crippen molar-refractivity contribution in [2.75, 3.05) is 4.90 Å². The van der Waals surface area contributed by atoms with Gasteiger partial charge in [0, 0.05) is 22.8 Å². The summed E-state index contributed by atoms with van der Waals surface area (Å²) < 4.78 is 0. The predicted octanol–water partition coefficient (Wildman–Crippen LogP) is 16.3. The molecule has 0 spiro atoms. The highest BCUT2D eigenvalue weighted by molar-refractivity contribution is 5.98. The van der Waals surface area contributed by atoms with Crippen molar-refractivity contribution < 1.29 is 0 Å². The number of hydrogen-bond donors (Lipinski definition) is 2. The molecule has 60 heavy (non-hydrogen) atoms. The van der Waals surface area contributed by atoms with Crippen molar-refractivity contribution in [3.63, 3.8) is 0 Å². The second-order valence-electron chi connectivity index (χ2n) is 15.7. The van der Waals surface area contributed by atoms with E-state index in [1.54, 1.807) is 0 Å². The molecule has 2 aliphatic rings. The van der Waals surface area contributed by atoms with Crippen LogP contribution < -0.4 is 4.90 Å². The molecule has 3 heteroatoms. The lowest BCUT2D eigenvalue weighted by Crippen LogP contribution is -2.11. The van der Waals surface area contributed by atoms with Crippen molar-refractivity contribution >= 4 is 40.6 Å². The van der Waals surface area contributed by atoms with Crippen molar-refractivity contribution in [3.8, 4) is 11.1 Å². The third kappa shape index (κ3) is 12.0. The fraction of sp³-hybridized carbons (Fsp3) is 0.193. The summed E-state index contributed by atoms with van der Waals surface area (Å²) in [5, 5.41) is 13.8. The zero-order valence-corrected chi connectivity index (χ0v) is 36.6. The molecule has 304 valence electrons. The van der Waals surface area contributed by atoms with Crippen LogP contribution in [-0.2, 0) is 0 Å². The standard InChI is InChI=1S/C34H32N2.C14H16.C8H10.CH3N/c1-24-13-15-27(16-14-24)30-21-29(26(3)35)22-31(23-30)28-17-19-33(20-18-28)36(32-10-5-4-6-11-32)34-12-8-7-9-25(34)2;1-11-7-3-5-9-13(11)14-10-6-4-8-12(14)2;1-7-3-5-8(2)6-4-7;1-2/h4-13,15,17-23,35H,14,16H2,1-3H3;3-5,7-9H,6,10H2,1-2H3;3-6H,1-2H3;2H,1H2. The molecular weight excluding hydrogens is 727 g/mol. The van der Waals surface area contributed by atoms with E-state index in [0.29, 0.717) is 5.71 Å². The quantitative estimate of drug-likeness (QED) is 0.156. The Labute approximate surface area is 360 Å². The van der Waals surface area contributed by atoms with Crippen LogP contribution in [-0.4, -0.2) is 12.4 Å². The van der Waals surface area contributed by atoms with E-state index < -0.39 is 0 Å². The fourth-order valence-corrected chi connectivity index (χ4v) is 7.48. The minimum atomic E-state index is 0.590. The zero-order valence-electron chi connectivity index (χ0n) is 36.6. The van der Waals surface area contributed by atoms with E-state index in [0.717, 1.165) is 40.9 Å². The number of anilines is 3. The Kier molecular flexibility index (Phi) is 16.3. The monoisotopic (exact) mass is 787 g/mol. The van der Waals surface area contributed by atoms with Gasteiger partial charge >= 0.3 is 0 Å². The Bertz CT molecular complexity index is 2460. The smallest absolute Gasteiger partial charge is 0.0490 e. The Morgan fingerprint density at radius 3 is 1.72 bits per heavy atom. The van der Waals surface area contributed by atoms with Gasteiger partial charge in [-0.1, -0.05) is 138 Å². The third-order valence-corrected chi connectivity index (χ3v) is 11.0. The normalized spacial score (nSPS) is 12.9. The molecule has 0 atom stereocenters. The van der Waals surface area contributed by atoms with Crippen LogP contribution >= 0.6 is 0 Å². The van der Waals surface area contributed by atoms with Crippen molar-refractivity contribution in [2.45, 2.75) is 74.1 Å². The summed E-state index contributed by atoms with van der Waals surface area (Å²) in [5.74, 6) is 0. The minimum absolute atomic E-state index is 0.590. The number of rotatable bonds is 7. The molecule has 0 fully saturated rings. The van der Waals surface area contributed by atoms with Crippen molar-refractivity contribution in [1.29, 1.82) is 10.8 Å². The van der Waals surface area contributed by atoms with Crippen molar-refractivity contribution in [3.05, 3.63) is 220 Å². The zero-order chi connectivity index (χ0) is 43.0. The lowest BCUT2D eigenvalue weighted by atomic mass is 9.90. The molecule has 0 saturated carbocycles.